The highest BCUT2D eigenvalue weighted by Gasteiger charge is 2.29. The minimum absolute atomic E-state index is 0.184. The molecule has 1 heterocycles. The van der Waals surface area contributed by atoms with E-state index in [4.69, 9.17) is 28.2 Å². The van der Waals surface area contributed by atoms with Gasteiger partial charge in [-0.1, -0.05) is 71.4 Å². The lowest BCUT2D eigenvalue weighted by atomic mass is 9.95. The predicted octanol–water partition coefficient (Wildman–Crippen LogP) is 6.91. The third-order valence-electron chi connectivity index (χ3n) is 5.60. The van der Waals surface area contributed by atoms with E-state index in [2.05, 4.69) is 10.6 Å². The number of carbonyl (C=O) groups excluding carboxylic acids is 1. The molecule has 0 unspecified atom stereocenters. The summed E-state index contributed by atoms with van der Waals surface area (Å²) >= 11 is 13.9. The van der Waals surface area contributed by atoms with Crippen LogP contribution in [0.25, 0.3) is 0 Å². The lowest BCUT2D eigenvalue weighted by Crippen LogP contribution is -2.32. The molecule has 35 heavy (non-hydrogen) atoms. The number of amides is 1. The van der Waals surface area contributed by atoms with Gasteiger partial charge in [0.25, 0.3) is 5.91 Å². The van der Waals surface area contributed by atoms with Crippen molar-refractivity contribution in [3.05, 3.63) is 105 Å². The van der Waals surface area contributed by atoms with Gasteiger partial charge < -0.3 is 15.5 Å². The summed E-state index contributed by atoms with van der Waals surface area (Å²) in [4.78, 5) is 20.4. The summed E-state index contributed by atoms with van der Waals surface area (Å²) < 4.78 is 0. The van der Waals surface area contributed by atoms with Gasteiger partial charge in [0.05, 0.1) is 5.57 Å². The van der Waals surface area contributed by atoms with E-state index in [9.17, 15) is 4.79 Å². The number of aliphatic imine (C=N–C) groups is 1. The third kappa shape index (κ3) is 6.20. The van der Waals surface area contributed by atoms with Crippen molar-refractivity contribution in [3.63, 3.8) is 0 Å². The lowest BCUT2D eigenvalue weighted by molar-refractivity contribution is -0.113. The maximum Gasteiger partial charge on any atom is 0.255 e. The summed E-state index contributed by atoms with van der Waals surface area (Å²) in [6.45, 7) is 1.91. The van der Waals surface area contributed by atoms with Crippen LogP contribution in [0.2, 0.25) is 10.0 Å². The predicted molar refractivity (Wildman–Crippen MR) is 150 cm³/mol. The zero-order valence-corrected chi connectivity index (χ0v) is 22.0. The summed E-state index contributed by atoms with van der Waals surface area (Å²) in [7, 11) is 3.99. The summed E-state index contributed by atoms with van der Waals surface area (Å²) in [6.07, 6.45) is 0. The van der Waals surface area contributed by atoms with E-state index >= 15 is 0 Å². The van der Waals surface area contributed by atoms with Crippen molar-refractivity contribution >= 4 is 57.4 Å². The van der Waals surface area contributed by atoms with Gasteiger partial charge >= 0.3 is 0 Å². The monoisotopic (exact) mass is 524 g/mol. The first-order valence-corrected chi connectivity index (χ1v) is 12.8. The van der Waals surface area contributed by atoms with E-state index in [1.165, 1.54) is 11.8 Å². The third-order valence-corrected chi connectivity index (χ3v) is 7.12. The highest BCUT2D eigenvalue weighted by Crippen LogP contribution is 2.35. The Kier molecular flexibility index (Phi) is 8.06. The van der Waals surface area contributed by atoms with Gasteiger partial charge in [0.15, 0.2) is 5.17 Å². The van der Waals surface area contributed by atoms with E-state index in [0.29, 0.717) is 21.4 Å². The van der Waals surface area contributed by atoms with Crippen LogP contribution in [0.5, 0.6) is 0 Å². The molecule has 0 saturated carbocycles. The number of hydrogen-bond acceptors (Lipinski definition) is 5. The van der Waals surface area contributed by atoms with E-state index < -0.39 is 6.04 Å². The van der Waals surface area contributed by atoms with Crippen LogP contribution >= 0.6 is 35.0 Å². The number of benzene rings is 3. The number of carbonyl (C=O) groups is 1. The van der Waals surface area contributed by atoms with Gasteiger partial charge in [-0.3, -0.25) is 4.79 Å². The molecule has 180 valence electrons. The molecule has 2 N–H and O–H groups in total. The van der Waals surface area contributed by atoms with Crippen molar-refractivity contribution in [1.29, 1.82) is 0 Å². The summed E-state index contributed by atoms with van der Waals surface area (Å²) in [5, 5.41) is 8.27. The second-order valence-electron chi connectivity index (χ2n) is 8.33. The van der Waals surface area contributed by atoms with Crippen molar-refractivity contribution in [3.8, 4) is 0 Å². The molecule has 0 saturated heterocycles. The van der Waals surface area contributed by atoms with Crippen LogP contribution in [-0.4, -0.2) is 25.2 Å². The highest BCUT2D eigenvalue weighted by atomic mass is 35.5. The maximum absolute atomic E-state index is 13.4. The zero-order valence-electron chi connectivity index (χ0n) is 19.7. The van der Waals surface area contributed by atoms with Gasteiger partial charge in [0, 0.05) is 47.0 Å². The highest BCUT2D eigenvalue weighted by molar-refractivity contribution is 8.13. The number of hydrogen-bond donors (Lipinski definition) is 2. The molecular weight excluding hydrogens is 499 g/mol. The minimum atomic E-state index is -0.445. The average molecular weight is 526 g/mol. The SMILES string of the molecule is CC1=C(C(=O)Nc2ccccc2)[C@@H](c2ccc(N(C)C)cc2)N=C(SCc2ccc(Cl)cc2Cl)N1. The molecule has 5 nitrogen and oxygen atoms in total. The van der Waals surface area contributed by atoms with Crippen LogP contribution in [0.15, 0.2) is 89.1 Å². The number of nitrogens with zero attached hydrogens (tertiary/aromatic N) is 2. The number of anilines is 2. The first-order valence-electron chi connectivity index (χ1n) is 11.1. The van der Waals surface area contributed by atoms with E-state index in [1.54, 1.807) is 6.07 Å². The Morgan fingerprint density at radius 2 is 1.77 bits per heavy atom. The van der Waals surface area contributed by atoms with Crippen LogP contribution < -0.4 is 15.5 Å². The number of rotatable bonds is 6. The smallest absolute Gasteiger partial charge is 0.255 e. The average Bonchev–Trinajstić information content (AvgIpc) is 2.83. The molecule has 1 aliphatic rings. The molecule has 3 aromatic carbocycles. The zero-order chi connectivity index (χ0) is 24.9. The molecule has 0 spiro atoms. The van der Waals surface area contributed by atoms with Crippen LogP contribution in [0.1, 0.15) is 24.1 Å². The lowest BCUT2D eigenvalue weighted by Gasteiger charge is -2.27. The van der Waals surface area contributed by atoms with Gasteiger partial charge in [-0.05, 0) is 54.4 Å². The van der Waals surface area contributed by atoms with E-state index in [-0.39, 0.29) is 5.91 Å². The molecule has 0 bridgehead atoms. The van der Waals surface area contributed by atoms with Gasteiger partial charge in [-0.15, -0.1) is 0 Å². The van der Waals surface area contributed by atoms with E-state index in [0.717, 1.165) is 33.4 Å². The number of halogens is 2. The Bertz CT molecular complexity index is 1270. The van der Waals surface area contributed by atoms with Gasteiger partial charge in [-0.2, -0.15) is 0 Å². The molecule has 1 aliphatic heterocycles. The Labute approximate surface area is 220 Å². The maximum atomic E-state index is 13.4. The quantitative estimate of drug-likeness (QED) is 0.367. The topological polar surface area (TPSA) is 56.7 Å². The number of nitrogens with one attached hydrogen (secondary N) is 2. The Balaban J connectivity index is 1.63. The number of allylic oxidation sites excluding steroid dienone is 1. The van der Waals surface area contributed by atoms with E-state index in [1.807, 2.05) is 92.6 Å². The summed E-state index contributed by atoms with van der Waals surface area (Å²) in [6, 6.07) is 22.6. The largest absolute Gasteiger partial charge is 0.378 e. The van der Waals surface area contributed by atoms with Crippen molar-refractivity contribution in [1.82, 2.24) is 5.32 Å². The number of amidine groups is 1. The number of thioether (sulfide) groups is 1. The Morgan fingerprint density at radius 3 is 2.43 bits per heavy atom. The second kappa shape index (κ2) is 11.2. The van der Waals surface area contributed by atoms with Gasteiger partial charge in [0.2, 0.25) is 0 Å². The second-order valence-corrected chi connectivity index (χ2v) is 10.1. The van der Waals surface area contributed by atoms with Crippen LogP contribution in [0.3, 0.4) is 0 Å². The normalized spacial score (nSPS) is 15.3. The summed E-state index contributed by atoms with van der Waals surface area (Å²) in [5.74, 6) is 0.434. The van der Waals surface area contributed by atoms with Crippen LogP contribution in [0, 0.1) is 0 Å². The van der Waals surface area contributed by atoms with Crippen molar-refractivity contribution in [2.45, 2.75) is 18.7 Å². The molecule has 1 atom stereocenters. The first kappa shape index (κ1) is 25.2. The minimum Gasteiger partial charge on any atom is -0.378 e. The van der Waals surface area contributed by atoms with Crippen molar-refractivity contribution in [2.24, 2.45) is 4.99 Å². The molecule has 8 heteroatoms. The fourth-order valence-electron chi connectivity index (χ4n) is 3.72. The number of para-hydroxylation sites is 1. The molecule has 3 aromatic rings. The fraction of sp³-hybridized carbons (Fsp3) is 0.185. The van der Waals surface area contributed by atoms with Crippen molar-refractivity contribution < 1.29 is 4.79 Å². The molecule has 1 amide bonds. The van der Waals surface area contributed by atoms with Gasteiger partial charge in [0.1, 0.15) is 6.04 Å². The molecule has 0 aromatic heterocycles. The van der Waals surface area contributed by atoms with Gasteiger partial charge in [-0.25, -0.2) is 4.99 Å². The fourth-order valence-corrected chi connectivity index (χ4v) is 5.22. The van der Waals surface area contributed by atoms with Crippen LogP contribution in [-0.2, 0) is 10.5 Å². The molecular formula is C27H26Cl2N4OS. The summed E-state index contributed by atoms with van der Waals surface area (Å²) in [5.41, 5.74) is 5.07. The molecule has 0 radical (unpaired) electrons. The van der Waals surface area contributed by atoms with Crippen LogP contribution in [0.4, 0.5) is 11.4 Å². The Hall–Kier alpha value is -2.93. The molecule has 4 rings (SSSR count). The first-order chi connectivity index (χ1) is 16.8. The van der Waals surface area contributed by atoms with Crippen molar-refractivity contribution in [2.75, 3.05) is 24.3 Å². The molecule has 0 aliphatic carbocycles. The molecule has 0 fully saturated rings. The standard InChI is InChI=1S/C27H26Cl2N4OS/c1-17-24(26(34)31-21-7-5-4-6-8-21)25(18-10-13-22(14-11-18)33(2)3)32-27(30-17)35-16-19-9-12-20(28)15-23(19)29/h4-15,25H,16H2,1-3H3,(H,30,32)(H,31,34)/t25-/m1/s1. The Morgan fingerprint density at radius 1 is 1.06 bits per heavy atom.